The third kappa shape index (κ3) is 3.18. The molecule has 0 unspecified atom stereocenters. The lowest BCUT2D eigenvalue weighted by Crippen LogP contribution is -2.31. The highest BCUT2D eigenvalue weighted by Gasteiger charge is 2.20. The van der Waals surface area contributed by atoms with Crippen LogP contribution < -0.4 is 0 Å². The van der Waals surface area contributed by atoms with Crippen molar-refractivity contribution in [3.05, 3.63) is 69.7 Å². The van der Waals surface area contributed by atoms with Crippen LogP contribution in [0.15, 0.2) is 47.2 Å². The fraction of sp³-hybridized carbons (Fsp3) is 0.222. The number of benzene rings is 1. The van der Waals surface area contributed by atoms with Crippen molar-refractivity contribution in [2.45, 2.75) is 19.5 Å². The van der Waals surface area contributed by atoms with Crippen LogP contribution in [0.25, 0.3) is 11.6 Å². The van der Waals surface area contributed by atoms with Gasteiger partial charge in [0.05, 0.1) is 12.0 Å². The summed E-state index contributed by atoms with van der Waals surface area (Å²) >= 11 is 12.2. The Morgan fingerprint density at radius 2 is 2.12 bits per heavy atom. The van der Waals surface area contributed by atoms with Crippen molar-refractivity contribution in [3.8, 4) is 11.6 Å². The van der Waals surface area contributed by atoms with Crippen LogP contribution in [0.2, 0.25) is 10.0 Å². The van der Waals surface area contributed by atoms with Gasteiger partial charge in [-0.05, 0) is 29.8 Å². The van der Waals surface area contributed by atoms with E-state index in [0.29, 0.717) is 21.6 Å². The van der Waals surface area contributed by atoms with Gasteiger partial charge in [0.25, 0.3) is 0 Å². The molecule has 0 amide bonds. The van der Waals surface area contributed by atoms with Crippen LogP contribution in [0, 0.1) is 0 Å². The molecule has 0 N–H and O–H groups in total. The topological polar surface area (TPSA) is 42.2 Å². The molecule has 0 bridgehead atoms. The summed E-state index contributed by atoms with van der Waals surface area (Å²) in [7, 11) is 0. The SMILES string of the molecule is Clc1ccc(CN2CCc3nc(-c4ccco4)ncc3C2)c(Cl)c1. The van der Waals surface area contributed by atoms with Gasteiger partial charge in [0.1, 0.15) is 0 Å². The van der Waals surface area contributed by atoms with E-state index >= 15 is 0 Å². The van der Waals surface area contributed by atoms with Crippen molar-refractivity contribution < 1.29 is 4.42 Å². The van der Waals surface area contributed by atoms with Gasteiger partial charge in [-0.3, -0.25) is 4.90 Å². The molecule has 0 spiro atoms. The first-order chi connectivity index (χ1) is 11.7. The molecule has 0 fully saturated rings. The van der Waals surface area contributed by atoms with Gasteiger partial charge in [0.15, 0.2) is 11.6 Å². The highest BCUT2D eigenvalue weighted by molar-refractivity contribution is 6.35. The Balaban J connectivity index is 1.52. The summed E-state index contributed by atoms with van der Waals surface area (Å²) in [6, 6.07) is 9.36. The normalized spacial score (nSPS) is 14.6. The van der Waals surface area contributed by atoms with Crippen molar-refractivity contribution >= 4 is 23.2 Å². The Bertz CT molecular complexity index is 865. The van der Waals surface area contributed by atoms with Crippen molar-refractivity contribution in [2.24, 2.45) is 0 Å². The monoisotopic (exact) mass is 359 g/mol. The molecule has 6 heteroatoms. The number of aromatic nitrogens is 2. The van der Waals surface area contributed by atoms with Gasteiger partial charge < -0.3 is 4.42 Å². The molecule has 0 saturated heterocycles. The summed E-state index contributed by atoms with van der Waals surface area (Å²) in [6.07, 6.45) is 4.42. The first-order valence-corrected chi connectivity index (χ1v) is 8.49. The summed E-state index contributed by atoms with van der Waals surface area (Å²) < 4.78 is 5.37. The van der Waals surface area contributed by atoms with Gasteiger partial charge in [0.2, 0.25) is 0 Å². The zero-order chi connectivity index (χ0) is 16.5. The quantitative estimate of drug-likeness (QED) is 0.685. The van der Waals surface area contributed by atoms with E-state index in [1.807, 2.05) is 30.5 Å². The van der Waals surface area contributed by atoms with Crippen molar-refractivity contribution in [1.82, 2.24) is 14.9 Å². The van der Waals surface area contributed by atoms with Crippen molar-refractivity contribution in [3.63, 3.8) is 0 Å². The Labute approximate surface area is 150 Å². The molecule has 0 radical (unpaired) electrons. The second-order valence-corrected chi connectivity index (χ2v) is 6.68. The molecule has 4 nitrogen and oxygen atoms in total. The van der Waals surface area contributed by atoms with Gasteiger partial charge in [-0.1, -0.05) is 29.3 Å². The van der Waals surface area contributed by atoms with Gasteiger partial charge in [0, 0.05) is 47.9 Å². The van der Waals surface area contributed by atoms with E-state index in [2.05, 4.69) is 14.9 Å². The lowest BCUT2D eigenvalue weighted by atomic mass is 10.1. The first-order valence-electron chi connectivity index (χ1n) is 7.74. The lowest BCUT2D eigenvalue weighted by molar-refractivity contribution is 0.243. The van der Waals surface area contributed by atoms with E-state index in [0.717, 1.165) is 42.9 Å². The zero-order valence-corrected chi connectivity index (χ0v) is 14.4. The Kier molecular flexibility index (Phi) is 4.27. The molecule has 0 aliphatic carbocycles. The molecule has 3 heterocycles. The lowest BCUT2D eigenvalue weighted by Gasteiger charge is -2.28. The smallest absolute Gasteiger partial charge is 0.195 e. The fourth-order valence-corrected chi connectivity index (χ4v) is 3.39. The maximum atomic E-state index is 6.28. The summed E-state index contributed by atoms with van der Waals surface area (Å²) in [5.74, 6) is 1.35. The minimum atomic E-state index is 0.646. The van der Waals surface area contributed by atoms with E-state index in [4.69, 9.17) is 27.6 Å². The largest absolute Gasteiger partial charge is 0.461 e. The number of hydrogen-bond acceptors (Lipinski definition) is 4. The molecule has 0 saturated carbocycles. The maximum absolute atomic E-state index is 6.28. The van der Waals surface area contributed by atoms with Crippen molar-refractivity contribution in [2.75, 3.05) is 6.54 Å². The van der Waals surface area contributed by atoms with Crippen LogP contribution in [0.1, 0.15) is 16.8 Å². The van der Waals surface area contributed by atoms with E-state index in [1.54, 1.807) is 12.3 Å². The molecule has 1 aromatic carbocycles. The number of halogens is 2. The first kappa shape index (κ1) is 15.6. The maximum Gasteiger partial charge on any atom is 0.195 e. The predicted octanol–water partition coefficient (Wildman–Crippen LogP) is 4.60. The Morgan fingerprint density at radius 1 is 1.21 bits per heavy atom. The summed E-state index contributed by atoms with van der Waals surface area (Å²) in [5.41, 5.74) is 3.33. The van der Waals surface area contributed by atoms with Crippen LogP contribution in [0.5, 0.6) is 0 Å². The van der Waals surface area contributed by atoms with Crippen LogP contribution in [-0.2, 0) is 19.5 Å². The standard InChI is InChI=1S/C18H15Cl2N3O/c19-14-4-3-12(15(20)8-14)10-23-6-5-16-13(11-23)9-21-18(22-16)17-2-1-7-24-17/h1-4,7-9H,5-6,10-11H2. The van der Waals surface area contributed by atoms with E-state index in [-0.39, 0.29) is 0 Å². The molecule has 1 aliphatic heterocycles. The van der Waals surface area contributed by atoms with E-state index in [1.165, 1.54) is 0 Å². The van der Waals surface area contributed by atoms with Crippen molar-refractivity contribution in [1.29, 1.82) is 0 Å². The van der Waals surface area contributed by atoms with Crippen LogP contribution in [0.3, 0.4) is 0 Å². The molecule has 4 rings (SSSR count). The van der Waals surface area contributed by atoms with Crippen LogP contribution in [0.4, 0.5) is 0 Å². The predicted molar refractivity (Wildman–Crippen MR) is 94.0 cm³/mol. The zero-order valence-electron chi connectivity index (χ0n) is 12.9. The molecule has 1 aliphatic rings. The van der Waals surface area contributed by atoms with Gasteiger partial charge in [-0.25, -0.2) is 9.97 Å². The average molecular weight is 360 g/mol. The number of nitrogens with zero attached hydrogens (tertiary/aromatic N) is 3. The minimum absolute atomic E-state index is 0.646. The van der Waals surface area contributed by atoms with E-state index < -0.39 is 0 Å². The summed E-state index contributed by atoms with van der Waals surface area (Å²) in [4.78, 5) is 11.4. The Morgan fingerprint density at radius 3 is 2.92 bits per heavy atom. The van der Waals surface area contributed by atoms with Crippen LogP contribution >= 0.6 is 23.2 Å². The molecule has 24 heavy (non-hydrogen) atoms. The fourth-order valence-electron chi connectivity index (χ4n) is 2.92. The summed E-state index contributed by atoms with van der Waals surface area (Å²) in [5, 5.41) is 1.37. The molecular formula is C18H15Cl2N3O. The number of hydrogen-bond donors (Lipinski definition) is 0. The second kappa shape index (κ2) is 6.55. The number of furan rings is 1. The Hall–Kier alpha value is -1.88. The summed E-state index contributed by atoms with van der Waals surface area (Å²) in [6.45, 7) is 2.53. The number of rotatable bonds is 3. The molecule has 0 atom stereocenters. The highest BCUT2D eigenvalue weighted by Crippen LogP contribution is 2.26. The highest BCUT2D eigenvalue weighted by atomic mass is 35.5. The third-order valence-electron chi connectivity index (χ3n) is 4.16. The molecule has 2 aromatic heterocycles. The average Bonchev–Trinajstić information content (AvgIpc) is 3.11. The molecular weight excluding hydrogens is 345 g/mol. The van der Waals surface area contributed by atoms with Gasteiger partial charge in [-0.15, -0.1) is 0 Å². The third-order valence-corrected chi connectivity index (χ3v) is 4.75. The molecule has 3 aromatic rings. The van der Waals surface area contributed by atoms with Gasteiger partial charge >= 0.3 is 0 Å². The second-order valence-electron chi connectivity index (χ2n) is 5.84. The number of fused-ring (bicyclic) bond motifs is 1. The van der Waals surface area contributed by atoms with Crippen LogP contribution in [-0.4, -0.2) is 21.4 Å². The van der Waals surface area contributed by atoms with E-state index in [9.17, 15) is 0 Å². The molecule has 122 valence electrons. The van der Waals surface area contributed by atoms with Gasteiger partial charge in [-0.2, -0.15) is 0 Å². The minimum Gasteiger partial charge on any atom is -0.461 e.